The molecule has 106 valence electrons. The second kappa shape index (κ2) is 6.48. The van der Waals surface area contributed by atoms with E-state index < -0.39 is 12.5 Å². The van der Waals surface area contributed by atoms with Gasteiger partial charge in [0.25, 0.3) is 5.91 Å². The van der Waals surface area contributed by atoms with Gasteiger partial charge in [0.1, 0.15) is 5.75 Å². The van der Waals surface area contributed by atoms with Gasteiger partial charge in [-0.05, 0) is 36.4 Å². The topological polar surface area (TPSA) is 62.1 Å². The van der Waals surface area contributed by atoms with Gasteiger partial charge in [0, 0.05) is 5.69 Å². The normalized spacial score (nSPS) is 10.0. The summed E-state index contributed by atoms with van der Waals surface area (Å²) in [5, 5.41) is 11.2. The van der Waals surface area contributed by atoms with E-state index in [4.69, 9.17) is 5.26 Å². The minimum Gasteiger partial charge on any atom is -0.434 e. The zero-order valence-corrected chi connectivity index (χ0v) is 10.7. The average Bonchev–Trinajstić information content (AvgIpc) is 2.48. The molecule has 0 saturated heterocycles. The highest BCUT2D eigenvalue weighted by Gasteiger charge is 2.15. The van der Waals surface area contributed by atoms with Gasteiger partial charge in [-0.3, -0.25) is 4.79 Å². The van der Waals surface area contributed by atoms with Crippen molar-refractivity contribution in [1.29, 1.82) is 5.26 Å². The predicted octanol–water partition coefficient (Wildman–Crippen LogP) is 3.41. The second-order valence-corrected chi connectivity index (χ2v) is 4.02. The van der Waals surface area contributed by atoms with Gasteiger partial charge >= 0.3 is 6.61 Å². The number of para-hydroxylation sites is 1. The molecule has 2 aromatic carbocycles. The highest BCUT2D eigenvalue weighted by molar-refractivity contribution is 6.06. The number of carbonyl (C=O) groups excluding carboxylic acids is 1. The van der Waals surface area contributed by atoms with Gasteiger partial charge in [0.2, 0.25) is 0 Å². The fraction of sp³-hybridized carbons (Fsp3) is 0.0667. The van der Waals surface area contributed by atoms with Crippen LogP contribution in [0.3, 0.4) is 0 Å². The van der Waals surface area contributed by atoms with E-state index >= 15 is 0 Å². The van der Waals surface area contributed by atoms with E-state index in [2.05, 4.69) is 10.1 Å². The maximum Gasteiger partial charge on any atom is 0.387 e. The molecule has 6 heteroatoms. The molecule has 0 atom stereocenters. The van der Waals surface area contributed by atoms with Crippen molar-refractivity contribution in [2.45, 2.75) is 6.61 Å². The van der Waals surface area contributed by atoms with Gasteiger partial charge in [-0.2, -0.15) is 14.0 Å². The largest absolute Gasteiger partial charge is 0.434 e. The molecular weight excluding hydrogens is 278 g/mol. The molecule has 0 heterocycles. The highest BCUT2D eigenvalue weighted by atomic mass is 19.3. The minimum absolute atomic E-state index is 0.00200. The first-order chi connectivity index (χ1) is 10.1. The minimum atomic E-state index is -3.01. The Morgan fingerprint density at radius 1 is 1.14 bits per heavy atom. The number of alkyl halides is 2. The van der Waals surface area contributed by atoms with Crippen LogP contribution in [0.2, 0.25) is 0 Å². The van der Waals surface area contributed by atoms with E-state index in [-0.39, 0.29) is 11.3 Å². The second-order valence-electron chi connectivity index (χ2n) is 4.02. The smallest absolute Gasteiger partial charge is 0.387 e. The molecule has 0 aromatic heterocycles. The Morgan fingerprint density at radius 3 is 2.43 bits per heavy atom. The summed E-state index contributed by atoms with van der Waals surface area (Å²) >= 11 is 0. The van der Waals surface area contributed by atoms with Crippen molar-refractivity contribution in [3.63, 3.8) is 0 Å². The summed E-state index contributed by atoms with van der Waals surface area (Å²) < 4.78 is 28.9. The zero-order valence-electron chi connectivity index (χ0n) is 10.7. The number of rotatable bonds is 4. The third kappa shape index (κ3) is 3.76. The monoisotopic (exact) mass is 288 g/mol. The maximum atomic E-state index is 12.3. The Morgan fingerprint density at radius 2 is 1.81 bits per heavy atom. The third-order valence-corrected chi connectivity index (χ3v) is 2.62. The molecule has 1 amide bonds. The molecule has 0 aliphatic rings. The summed E-state index contributed by atoms with van der Waals surface area (Å²) in [7, 11) is 0. The number of ether oxygens (including phenoxy) is 1. The quantitative estimate of drug-likeness (QED) is 0.937. The SMILES string of the molecule is N#Cc1ccc(NC(=O)c2ccccc2OC(F)F)cc1. The Balaban J connectivity index is 2.18. The summed E-state index contributed by atoms with van der Waals surface area (Å²) in [6.07, 6.45) is 0. The number of nitriles is 1. The Bertz CT molecular complexity index is 679. The number of amides is 1. The average molecular weight is 288 g/mol. The molecular formula is C15H10F2N2O2. The van der Waals surface area contributed by atoms with Gasteiger partial charge in [-0.25, -0.2) is 0 Å². The van der Waals surface area contributed by atoms with E-state index in [0.717, 1.165) is 0 Å². The third-order valence-electron chi connectivity index (χ3n) is 2.62. The molecule has 0 unspecified atom stereocenters. The van der Waals surface area contributed by atoms with Crippen LogP contribution in [0.5, 0.6) is 5.75 Å². The molecule has 21 heavy (non-hydrogen) atoms. The van der Waals surface area contributed by atoms with Crippen LogP contribution >= 0.6 is 0 Å². The van der Waals surface area contributed by atoms with Crippen molar-refractivity contribution in [3.8, 4) is 11.8 Å². The number of nitrogens with zero attached hydrogens (tertiary/aromatic N) is 1. The van der Waals surface area contributed by atoms with Crippen LogP contribution in [-0.4, -0.2) is 12.5 Å². The molecule has 0 saturated carbocycles. The van der Waals surface area contributed by atoms with Gasteiger partial charge in [-0.15, -0.1) is 0 Å². The summed E-state index contributed by atoms with van der Waals surface area (Å²) in [4.78, 5) is 12.1. The Kier molecular flexibility index (Phi) is 4.46. The van der Waals surface area contributed by atoms with Crippen molar-refractivity contribution in [2.75, 3.05) is 5.32 Å². The van der Waals surface area contributed by atoms with Crippen molar-refractivity contribution in [3.05, 3.63) is 59.7 Å². The van der Waals surface area contributed by atoms with Crippen LogP contribution in [0.25, 0.3) is 0 Å². The van der Waals surface area contributed by atoms with Gasteiger partial charge in [0.05, 0.1) is 17.2 Å². The van der Waals surface area contributed by atoms with Gasteiger partial charge in [-0.1, -0.05) is 12.1 Å². The van der Waals surface area contributed by atoms with Crippen molar-refractivity contribution in [2.24, 2.45) is 0 Å². The fourth-order valence-electron chi connectivity index (χ4n) is 1.68. The summed E-state index contributed by atoms with van der Waals surface area (Å²) in [5.74, 6) is -0.769. The van der Waals surface area contributed by atoms with E-state index in [1.807, 2.05) is 6.07 Å². The van der Waals surface area contributed by atoms with Gasteiger partial charge in [0.15, 0.2) is 0 Å². The summed E-state index contributed by atoms with van der Waals surface area (Å²) in [5.41, 5.74) is 0.905. The first-order valence-electron chi connectivity index (χ1n) is 5.95. The number of hydrogen-bond donors (Lipinski definition) is 1. The molecule has 0 aliphatic heterocycles. The molecule has 2 rings (SSSR count). The number of benzene rings is 2. The number of carbonyl (C=O) groups is 1. The molecule has 2 aromatic rings. The number of anilines is 1. The standard InChI is InChI=1S/C15H10F2N2O2/c16-15(17)21-13-4-2-1-3-12(13)14(20)19-11-7-5-10(9-18)6-8-11/h1-8,15H,(H,19,20). The van der Waals surface area contributed by atoms with E-state index in [1.165, 1.54) is 30.3 Å². The number of hydrogen-bond acceptors (Lipinski definition) is 3. The number of halogens is 2. The van der Waals surface area contributed by atoms with Crippen molar-refractivity contribution in [1.82, 2.24) is 0 Å². The van der Waals surface area contributed by atoms with Crippen molar-refractivity contribution < 1.29 is 18.3 Å². The van der Waals surface area contributed by atoms with E-state index in [9.17, 15) is 13.6 Å². The van der Waals surface area contributed by atoms with Crippen LogP contribution < -0.4 is 10.1 Å². The summed E-state index contributed by atoms with van der Waals surface area (Å²) in [6.45, 7) is -3.01. The lowest BCUT2D eigenvalue weighted by Gasteiger charge is -2.10. The van der Waals surface area contributed by atoms with Crippen LogP contribution in [-0.2, 0) is 0 Å². The highest BCUT2D eigenvalue weighted by Crippen LogP contribution is 2.21. The molecule has 0 aliphatic carbocycles. The summed E-state index contributed by atoms with van der Waals surface area (Å²) in [6, 6.07) is 13.8. The first-order valence-corrected chi connectivity index (χ1v) is 5.95. The molecule has 0 bridgehead atoms. The molecule has 4 nitrogen and oxygen atoms in total. The van der Waals surface area contributed by atoms with E-state index in [1.54, 1.807) is 18.2 Å². The fourth-order valence-corrected chi connectivity index (χ4v) is 1.68. The maximum absolute atomic E-state index is 12.3. The van der Waals surface area contributed by atoms with E-state index in [0.29, 0.717) is 11.3 Å². The lowest BCUT2D eigenvalue weighted by Crippen LogP contribution is -2.14. The van der Waals surface area contributed by atoms with Crippen molar-refractivity contribution >= 4 is 11.6 Å². The lowest BCUT2D eigenvalue weighted by atomic mass is 10.1. The van der Waals surface area contributed by atoms with Crippen LogP contribution in [0.4, 0.5) is 14.5 Å². The lowest BCUT2D eigenvalue weighted by molar-refractivity contribution is -0.0501. The van der Waals surface area contributed by atoms with Crippen LogP contribution in [0, 0.1) is 11.3 Å². The Hall–Kier alpha value is -2.94. The van der Waals surface area contributed by atoms with Gasteiger partial charge < -0.3 is 10.1 Å². The Labute approximate surface area is 119 Å². The molecule has 1 N–H and O–H groups in total. The molecule has 0 fully saturated rings. The van der Waals surface area contributed by atoms with Crippen LogP contribution in [0.1, 0.15) is 15.9 Å². The van der Waals surface area contributed by atoms with Crippen LogP contribution in [0.15, 0.2) is 48.5 Å². The molecule has 0 spiro atoms. The zero-order chi connectivity index (χ0) is 15.2. The molecule has 0 radical (unpaired) electrons. The predicted molar refractivity (Wildman–Crippen MR) is 72.2 cm³/mol. The number of nitrogens with one attached hydrogen (secondary N) is 1. The first kappa shape index (κ1) is 14.5.